The summed E-state index contributed by atoms with van der Waals surface area (Å²) in [7, 11) is -3.72. The highest BCUT2D eigenvalue weighted by Crippen LogP contribution is 2.38. The second-order valence-electron chi connectivity index (χ2n) is 8.22. The molecule has 9 nitrogen and oxygen atoms in total. The predicted molar refractivity (Wildman–Crippen MR) is 120 cm³/mol. The Kier molecular flexibility index (Phi) is 7.40. The van der Waals surface area contributed by atoms with E-state index in [4.69, 9.17) is 9.47 Å². The quantitative estimate of drug-likeness (QED) is 0.645. The molecule has 1 N–H and O–H groups in total. The van der Waals surface area contributed by atoms with Gasteiger partial charge in [0.1, 0.15) is 6.54 Å². The van der Waals surface area contributed by atoms with Crippen molar-refractivity contribution in [2.45, 2.75) is 35.7 Å². The van der Waals surface area contributed by atoms with E-state index < -0.39 is 10.0 Å². The first-order chi connectivity index (χ1) is 15.4. The molecule has 1 aromatic carbocycles. The monoisotopic (exact) mass is 483 g/mol. The largest absolute Gasteiger partial charge is 0.379 e. The molecule has 3 heterocycles. The molecule has 0 bridgehead atoms. The fourth-order valence-electron chi connectivity index (χ4n) is 3.99. The third-order valence-electron chi connectivity index (χ3n) is 5.86. The Morgan fingerprint density at radius 2 is 2.03 bits per heavy atom. The van der Waals surface area contributed by atoms with Gasteiger partial charge in [-0.05, 0) is 31.0 Å². The molecule has 2 saturated heterocycles. The number of ether oxygens (including phenoxy) is 2. The van der Waals surface area contributed by atoms with Crippen molar-refractivity contribution >= 4 is 39.3 Å². The van der Waals surface area contributed by atoms with Gasteiger partial charge in [0, 0.05) is 42.8 Å². The Morgan fingerprint density at radius 1 is 1.25 bits per heavy atom. The van der Waals surface area contributed by atoms with Gasteiger partial charge in [-0.2, -0.15) is 4.31 Å². The number of thioether (sulfide) groups is 1. The maximum absolute atomic E-state index is 13.2. The van der Waals surface area contributed by atoms with Crippen LogP contribution in [0.1, 0.15) is 19.8 Å². The van der Waals surface area contributed by atoms with Crippen LogP contribution in [-0.2, 0) is 29.1 Å². The Balaban J connectivity index is 1.58. The van der Waals surface area contributed by atoms with Crippen molar-refractivity contribution in [3.8, 4) is 0 Å². The van der Waals surface area contributed by atoms with Crippen LogP contribution in [0.15, 0.2) is 28.0 Å². The number of nitrogens with zero attached hydrogens (tertiary/aromatic N) is 2. The molecule has 0 radical (unpaired) electrons. The van der Waals surface area contributed by atoms with E-state index in [1.807, 2.05) is 6.92 Å². The number of benzene rings is 1. The number of rotatable bonds is 6. The standard InChI is InChI=1S/C21H29N3O6S2/c1-15-14-31-19-5-4-17(32(27,28)23-6-9-29-10-7-23)11-18(19)24(21(15)26)13-20(25)22-12-16-3-2-8-30-16/h4-5,11,15-16H,2-3,6-10,12-14H2,1H3,(H,22,25)/t15-,16+/m0/s1. The van der Waals surface area contributed by atoms with Crippen LogP contribution in [0, 0.1) is 5.92 Å². The molecule has 176 valence electrons. The van der Waals surface area contributed by atoms with Crippen molar-refractivity contribution < 1.29 is 27.5 Å². The number of hydrogen-bond acceptors (Lipinski definition) is 7. The second kappa shape index (κ2) is 10.1. The zero-order valence-corrected chi connectivity index (χ0v) is 19.8. The molecule has 0 aliphatic carbocycles. The summed E-state index contributed by atoms with van der Waals surface area (Å²) >= 11 is 1.50. The van der Waals surface area contributed by atoms with Crippen molar-refractivity contribution in [1.29, 1.82) is 0 Å². The van der Waals surface area contributed by atoms with Gasteiger partial charge < -0.3 is 19.7 Å². The highest BCUT2D eigenvalue weighted by Gasteiger charge is 2.33. The first kappa shape index (κ1) is 23.5. The summed E-state index contributed by atoms with van der Waals surface area (Å²) in [6, 6.07) is 4.83. The molecule has 1 aromatic rings. The van der Waals surface area contributed by atoms with E-state index in [1.54, 1.807) is 12.1 Å². The summed E-state index contributed by atoms with van der Waals surface area (Å²) in [6.07, 6.45) is 1.89. The van der Waals surface area contributed by atoms with Crippen LogP contribution in [0.25, 0.3) is 0 Å². The van der Waals surface area contributed by atoms with E-state index in [-0.39, 0.29) is 35.3 Å². The van der Waals surface area contributed by atoms with Crippen molar-refractivity contribution in [2.75, 3.05) is 56.7 Å². The summed E-state index contributed by atoms with van der Waals surface area (Å²) in [5.41, 5.74) is 0.464. The number of carbonyl (C=O) groups is 2. The molecule has 3 aliphatic heterocycles. The topological polar surface area (TPSA) is 105 Å². The molecule has 0 unspecified atom stereocenters. The maximum Gasteiger partial charge on any atom is 0.243 e. The SMILES string of the molecule is C[C@H]1CSc2ccc(S(=O)(=O)N3CCOCC3)cc2N(CC(=O)NC[C@H]2CCCO2)C1=O. The summed E-state index contributed by atoms with van der Waals surface area (Å²) < 4.78 is 38.5. The van der Waals surface area contributed by atoms with Crippen LogP contribution in [0.4, 0.5) is 5.69 Å². The molecule has 3 aliphatic rings. The summed E-state index contributed by atoms with van der Waals surface area (Å²) in [5.74, 6) is -0.211. The lowest BCUT2D eigenvalue weighted by Gasteiger charge is -2.28. The van der Waals surface area contributed by atoms with E-state index in [0.29, 0.717) is 50.9 Å². The van der Waals surface area contributed by atoms with Crippen LogP contribution in [0.3, 0.4) is 0 Å². The van der Waals surface area contributed by atoms with Crippen LogP contribution < -0.4 is 10.2 Å². The number of hydrogen-bond donors (Lipinski definition) is 1. The van der Waals surface area contributed by atoms with Crippen molar-refractivity contribution in [2.24, 2.45) is 5.92 Å². The van der Waals surface area contributed by atoms with Gasteiger partial charge in [-0.15, -0.1) is 11.8 Å². The lowest BCUT2D eigenvalue weighted by Crippen LogP contribution is -2.44. The molecule has 0 saturated carbocycles. The maximum atomic E-state index is 13.2. The van der Waals surface area contributed by atoms with Gasteiger partial charge in [-0.3, -0.25) is 9.59 Å². The minimum atomic E-state index is -3.72. The molecule has 2 atom stereocenters. The fraction of sp³-hybridized carbons (Fsp3) is 0.619. The summed E-state index contributed by atoms with van der Waals surface area (Å²) in [4.78, 5) is 28.1. The molecule has 11 heteroatoms. The van der Waals surface area contributed by atoms with Crippen molar-refractivity contribution in [3.05, 3.63) is 18.2 Å². The smallest absolute Gasteiger partial charge is 0.243 e. The van der Waals surface area contributed by atoms with Gasteiger partial charge in [-0.1, -0.05) is 6.92 Å². The molecule has 4 rings (SSSR count). The van der Waals surface area contributed by atoms with Gasteiger partial charge in [0.2, 0.25) is 21.8 Å². The number of nitrogens with one attached hydrogen (secondary N) is 1. The van der Waals surface area contributed by atoms with E-state index >= 15 is 0 Å². The van der Waals surface area contributed by atoms with Crippen molar-refractivity contribution in [3.63, 3.8) is 0 Å². The van der Waals surface area contributed by atoms with E-state index in [9.17, 15) is 18.0 Å². The van der Waals surface area contributed by atoms with Gasteiger partial charge >= 0.3 is 0 Å². The van der Waals surface area contributed by atoms with E-state index in [2.05, 4.69) is 5.32 Å². The van der Waals surface area contributed by atoms with Crippen molar-refractivity contribution in [1.82, 2.24) is 9.62 Å². The fourth-order valence-corrected chi connectivity index (χ4v) is 6.47. The minimum Gasteiger partial charge on any atom is -0.379 e. The predicted octanol–water partition coefficient (Wildman–Crippen LogP) is 1.08. The lowest BCUT2D eigenvalue weighted by molar-refractivity contribution is -0.125. The lowest BCUT2D eigenvalue weighted by atomic mass is 10.1. The third kappa shape index (κ3) is 5.12. The van der Waals surface area contributed by atoms with Gasteiger partial charge in [0.15, 0.2) is 0 Å². The first-order valence-electron chi connectivity index (χ1n) is 10.9. The number of amides is 2. The number of carbonyl (C=O) groups excluding carboxylic acids is 2. The number of sulfonamides is 1. The normalized spacial score (nSPS) is 24.8. The average Bonchev–Trinajstić information content (AvgIpc) is 3.30. The van der Waals surface area contributed by atoms with Gasteiger partial charge in [-0.25, -0.2) is 8.42 Å². The summed E-state index contributed by atoms with van der Waals surface area (Å²) in [5, 5.41) is 2.85. The van der Waals surface area contributed by atoms with Crippen LogP contribution >= 0.6 is 11.8 Å². The van der Waals surface area contributed by atoms with Crippen LogP contribution in [-0.4, -0.2) is 82.4 Å². The minimum absolute atomic E-state index is 0.00539. The van der Waals surface area contributed by atoms with Crippen LogP contribution in [0.5, 0.6) is 0 Å². The third-order valence-corrected chi connectivity index (χ3v) is 9.08. The van der Waals surface area contributed by atoms with Gasteiger partial charge in [0.05, 0.1) is 29.9 Å². The zero-order valence-electron chi connectivity index (χ0n) is 18.1. The number of morpholine rings is 1. The number of anilines is 1. The molecular formula is C21H29N3O6S2. The zero-order chi connectivity index (χ0) is 22.7. The molecular weight excluding hydrogens is 454 g/mol. The highest BCUT2D eigenvalue weighted by atomic mass is 32.2. The Labute approximate surface area is 192 Å². The Morgan fingerprint density at radius 3 is 2.75 bits per heavy atom. The molecule has 0 aromatic heterocycles. The van der Waals surface area contributed by atoms with Crippen LogP contribution in [0.2, 0.25) is 0 Å². The second-order valence-corrected chi connectivity index (χ2v) is 11.2. The first-order valence-corrected chi connectivity index (χ1v) is 13.3. The number of fused-ring (bicyclic) bond motifs is 1. The highest BCUT2D eigenvalue weighted by molar-refractivity contribution is 7.99. The van der Waals surface area contributed by atoms with E-state index in [0.717, 1.165) is 17.7 Å². The Bertz CT molecular complexity index is 958. The summed E-state index contributed by atoms with van der Waals surface area (Å²) in [6.45, 7) is 4.06. The molecule has 32 heavy (non-hydrogen) atoms. The molecule has 2 amide bonds. The molecule has 0 spiro atoms. The molecule has 2 fully saturated rings. The van der Waals surface area contributed by atoms with E-state index in [1.165, 1.54) is 27.0 Å². The van der Waals surface area contributed by atoms with Gasteiger partial charge in [0.25, 0.3) is 0 Å². The Hall–Kier alpha value is -1.66. The average molecular weight is 484 g/mol.